The zero-order valence-electron chi connectivity index (χ0n) is 10.7. The lowest BCUT2D eigenvalue weighted by molar-refractivity contribution is -0.120. The highest BCUT2D eigenvalue weighted by Gasteiger charge is 2.23. The number of anilines is 1. The summed E-state index contributed by atoms with van der Waals surface area (Å²) in [6.45, 7) is 3.56. The third-order valence-corrected chi connectivity index (χ3v) is 2.76. The van der Waals surface area contributed by atoms with E-state index < -0.39 is 4.32 Å². The summed E-state index contributed by atoms with van der Waals surface area (Å²) in [6, 6.07) is 7.22. The second-order valence-corrected chi connectivity index (χ2v) is 6.46. The maximum atomic E-state index is 11.7. The summed E-state index contributed by atoms with van der Waals surface area (Å²) < 4.78 is -0.603. The number of alkyl halides is 1. The molecule has 0 unspecified atom stereocenters. The zero-order valence-corrected chi connectivity index (χ0v) is 12.3. The minimum Gasteiger partial charge on any atom is -0.359 e. The minimum atomic E-state index is -0.603. The third-order valence-electron chi connectivity index (χ3n) is 2.40. The van der Waals surface area contributed by atoms with E-state index in [1.807, 2.05) is 12.1 Å². The van der Waals surface area contributed by atoms with E-state index in [0.29, 0.717) is 12.1 Å². The van der Waals surface area contributed by atoms with Gasteiger partial charge in [-0.2, -0.15) is 0 Å². The van der Waals surface area contributed by atoms with Gasteiger partial charge in [-0.25, -0.2) is 0 Å². The van der Waals surface area contributed by atoms with Crippen LogP contribution in [-0.4, -0.2) is 23.2 Å². The maximum Gasteiger partial charge on any atom is 0.240 e. The van der Waals surface area contributed by atoms with E-state index in [1.54, 1.807) is 33.0 Å². The van der Waals surface area contributed by atoms with Crippen LogP contribution in [0.5, 0.6) is 0 Å². The van der Waals surface area contributed by atoms with E-state index in [0.717, 1.165) is 5.56 Å². The number of halogens is 1. The molecule has 0 heterocycles. The summed E-state index contributed by atoms with van der Waals surface area (Å²) in [5.41, 5.74) is 1.62. The van der Waals surface area contributed by atoms with Crippen molar-refractivity contribution in [3.8, 4) is 0 Å². The number of carbonyl (C=O) groups is 2. The minimum absolute atomic E-state index is 0.0339. The van der Waals surface area contributed by atoms with Crippen molar-refractivity contribution < 1.29 is 9.59 Å². The van der Waals surface area contributed by atoms with Crippen LogP contribution < -0.4 is 10.6 Å². The molecule has 0 aliphatic heterocycles. The summed E-state index contributed by atoms with van der Waals surface area (Å²) in [7, 11) is 1.61. The Balaban J connectivity index is 2.66. The summed E-state index contributed by atoms with van der Waals surface area (Å²) in [5, 5.41) is 5.36. The molecule has 4 nitrogen and oxygen atoms in total. The standard InChI is InChI=1S/C13H17BrN2O2/c1-13(2,14)12(18)16-10-6-4-9(5-7-10)8-11(17)15-3/h4-7H,8H2,1-3H3,(H,15,17)(H,16,18). The Morgan fingerprint density at radius 1 is 1.22 bits per heavy atom. The van der Waals surface area contributed by atoms with Crippen LogP contribution in [0.1, 0.15) is 19.4 Å². The average molecular weight is 313 g/mol. The molecule has 0 fully saturated rings. The topological polar surface area (TPSA) is 58.2 Å². The van der Waals surface area contributed by atoms with Crippen LogP contribution in [0, 0.1) is 0 Å². The molecule has 0 radical (unpaired) electrons. The van der Waals surface area contributed by atoms with Crippen molar-refractivity contribution in [2.45, 2.75) is 24.6 Å². The van der Waals surface area contributed by atoms with Gasteiger partial charge in [-0.05, 0) is 31.5 Å². The Bertz CT molecular complexity index is 435. The fourth-order valence-electron chi connectivity index (χ4n) is 1.26. The molecule has 2 amide bonds. The molecule has 0 bridgehead atoms. The summed E-state index contributed by atoms with van der Waals surface area (Å²) in [4.78, 5) is 22.9. The molecule has 2 N–H and O–H groups in total. The fraction of sp³-hybridized carbons (Fsp3) is 0.385. The Hall–Kier alpha value is -1.36. The molecule has 0 aromatic heterocycles. The Kier molecular flexibility index (Phi) is 4.90. The summed E-state index contributed by atoms with van der Waals surface area (Å²) in [6.07, 6.45) is 0.342. The van der Waals surface area contributed by atoms with Gasteiger partial charge in [0.2, 0.25) is 11.8 Å². The summed E-state index contributed by atoms with van der Waals surface area (Å²) >= 11 is 3.29. The molecule has 98 valence electrons. The number of likely N-dealkylation sites (N-methyl/N-ethyl adjacent to an activating group) is 1. The van der Waals surface area contributed by atoms with Crippen molar-refractivity contribution in [3.05, 3.63) is 29.8 Å². The smallest absolute Gasteiger partial charge is 0.240 e. The van der Waals surface area contributed by atoms with E-state index >= 15 is 0 Å². The Morgan fingerprint density at radius 3 is 2.22 bits per heavy atom. The van der Waals surface area contributed by atoms with Crippen molar-refractivity contribution in [3.63, 3.8) is 0 Å². The van der Waals surface area contributed by atoms with Gasteiger partial charge in [-0.15, -0.1) is 0 Å². The molecular weight excluding hydrogens is 296 g/mol. The van der Waals surface area contributed by atoms with Gasteiger partial charge in [-0.3, -0.25) is 9.59 Å². The molecule has 0 saturated carbocycles. The molecule has 1 aromatic carbocycles. The van der Waals surface area contributed by atoms with Gasteiger partial charge < -0.3 is 10.6 Å². The SMILES string of the molecule is CNC(=O)Cc1ccc(NC(=O)C(C)(C)Br)cc1. The van der Waals surface area contributed by atoms with Crippen LogP contribution in [0.3, 0.4) is 0 Å². The highest BCUT2D eigenvalue weighted by Crippen LogP contribution is 2.19. The summed E-state index contributed by atoms with van der Waals surface area (Å²) in [5.74, 6) is -0.144. The van der Waals surface area contributed by atoms with E-state index in [2.05, 4.69) is 26.6 Å². The van der Waals surface area contributed by atoms with Gasteiger partial charge in [-0.1, -0.05) is 28.1 Å². The molecule has 0 aliphatic carbocycles. The molecule has 1 rings (SSSR count). The number of amides is 2. The van der Waals surface area contributed by atoms with Crippen LogP contribution in [0.4, 0.5) is 5.69 Å². The largest absolute Gasteiger partial charge is 0.359 e. The van der Waals surface area contributed by atoms with Crippen molar-refractivity contribution >= 4 is 33.4 Å². The lowest BCUT2D eigenvalue weighted by atomic mass is 10.1. The maximum absolute atomic E-state index is 11.7. The van der Waals surface area contributed by atoms with E-state index in [4.69, 9.17) is 0 Å². The van der Waals surface area contributed by atoms with Gasteiger partial charge in [0.1, 0.15) is 0 Å². The molecule has 18 heavy (non-hydrogen) atoms. The van der Waals surface area contributed by atoms with Gasteiger partial charge in [0.15, 0.2) is 0 Å². The van der Waals surface area contributed by atoms with Crippen molar-refractivity contribution in [1.82, 2.24) is 5.32 Å². The van der Waals surface area contributed by atoms with Crippen LogP contribution in [0.25, 0.3) is 0 Å². The van der Waals surface area contributed by atoms with Crippen LogP contribution in [0.15, 0.2) is 24.3 Å². The lowest BCUT2D eigenvalue weighted by Gasteiger charge is -2.15. The first kappa shape index (κ1) is 14.7. The van der Waals surface area contributed by atoms with Crippen molar-refractivity contribution in [1.29, 1.82) is 0 Å². The van der Waals surface area contributed by atoms with Gasteiger partial charge in [0.25, 0.3) is 0 Å². The molecule has 0 saturated heterocycles. The first-order valence-corrected chi connectivity index (χ1v) is 6.42. The van der Waals surface area contributed by atoms with E-state index in [9.17, 15) is 9.59 Å². The molecule has 5 heteroatoms. The van der Waals surface area contributed by atoms with Crippen molar-refractivity contribution in [2.75, 3.05) is 12.4 Å². The molecular formula is C13H17BrN2O2. The predicted octanol–water partition coefficient (Wildman–Crippen LogP) is 2.09. The Morgan fingerprint density at radius 2 is 1.78 bits per heavy atom. The van der Waals surface area contributed by atoms with E-state index in [-0.39, 0.29) is 11.8 Å². The fourth-order valence-corrected chi connectivity index (χ4v) is 1.36. The van der Waals surface area contributed by atoms with Gasteiger partial charge in [0, 0.05) is 12.7 Å². The van der Waals surface area contributed by atoms with Gasteiger partial charge >= 0.3 is 0 Å². The highest BCUT2D eigenvalue weighted by atomic mass is 79.9. The number of benzene rings is 1. The number of carbonyl (C=O) groups excluding carboxylic acids is 2. The van der Waals surface area contributed by atoms with Gasteiger partial charge in [0.05, 0.1) is 10.7 Å². The number of rotatable bonds is 4. The third kappa shape index (κ3) is 4.49. The van der Waals surface area contributed by atoms with E-state index in [1.165, 1.54) is 0 Å². The first-order chi connectivity index (χ1) is 8.32. The lowest BCUT2D eigenvalue weighted by Crippen LogP contribution is -2.30. The predicted molar refractivity (Wildman–Crippen MR) is 75.8 cm³/mol. The molecule has 0 spiro atoms. The van der Waals surface area contributed by atoms with Crippen LogP contribution in [0.2, 0.25) is 0 Å². The number of nitrogens with one attached hydrogen (secondary N) is 2. The quantitative estimate of drug-likeness (QED) is 0.836. The van der Waals surface area contributed by atoms with Crippen LogP contribution in [-0.2, 0) is 16.0 Å². The number of hydrogen-bond acceptors (Lipinski definition) is 2. The number of hydrogen-bond donors (Lipinski definition) is 2. The first-order valence-electron chi connectivity index (χ1n) is 5.63. The molecule has 0 aliphatic rings. The van der Waals surface area contributed by atoms with Crippen LogP contribution >= 0.6 is 15.9 Å². The second kappa shape index (κ2) is 6.00. The monoisotopic (exact) mass is 312 g/mol. The average Bonchev–Trinajstić information content (AvgIpc) is 2.30. The normalized spacial score (nSPS) is 10.9. The highest BCUT2D eigenvalue weighted by molar-refractivity contribution is 9.10. The second-order valence-electron chi connectivity index (χ2n) is 4.47. The molecule has 1 aromatic rings. The zero-order chi connectivity index (χ0) is 13.8. The van der Waals surface area contributed by atoms with Crippen molar-refractivity contribution in [2.24, 2.45) is 0 Å². The molecule has 0 atom stereocenters. The Labute approximate surface area is 115 Å².